The molecule has 0 spiro atoms. The molecule has 1 aliphatic heterocycles. The molecule has 1 aliphatic rings. The molecule has 1 unspecified atom stereocenters. The maximum atomic E-state index is 13.8. The highest BCUT2D eigenvalue weighted by atomic mass is 32.1. The Balaban J connectivity index is 1.92. The van der Waals surface area contributed by atoms with Crippen molar-refractivity contribution in [3.63, 3.8) is 0 Å². The highest BCUT2D eigenvalue weighted by Crippen LogP contribution is 2.33. The third-order valence-electron chi connectivity index (χ3n) is 6.05. The summed E-state index contributed by atoms with van der Waals surface area (Å²) in [6, 6.07) is 10.5. The zero-order valence-corrected chi connectivity index (χ0v) is 22.6. The van der Waals surface area contributed by atoms with Crippen molar-refractivity contribution in [3.8, 4) is 17.2 Å². The maximum absolute atomic E-state index is 13.8. The van der Waals surface area contributed by atoms with Crippen LogP contribution in [0, 0.1) is 6.92 Å². The fourth-order valence-electron chi connectivity index (χ4n) is 4.31. The predicted molar refractivity (Wildman–Crippen MR) is 142 cm³/mol. The predicted octanol–water partition coefficient (Wildman–Crippen LogP) is 3.52. The number of thiazole rings is 1. The smallest absolute Gasteiger partial charge is 0.338 e. The minimum atomic E-state index is -0.707. The first-order valence-electron chi connectivity index (χ1n) is 12.0. The molecular weight excluding hydrogens is 492 g/mol. The Morgan fingerprint density at radius 3 is 2.46 bits per heavy atom. The van der Waals surface area contributed by atoms with Gasteiger partial charge in [0.05, 0.1) is 49.3 Å². The number of carbonyl (C=O) groups excluding carboxylic acids is 1. The molecule has 0 saturated heterocycles. The monoisotopic (exact) mass is 522 g/mol. The summed E-state index contributed by atoms with van der Waals surface area (Å²) in [4.78, 5) is 32.0. The lowest BCUT2D eigenvalue weighted by molar-refractivity contribution is -0.139. The third-order valence-corrected chi connectivity index (χ3v) is 7.03. The first kappa shape index (κ1) is 26.2. The molecule has 194 valence electrons. The molecule has 0 saturated carbocycles. The summed E-state index contributed by atoms with van der Waals surface area (Å²) in [6.45, 7) is 8.08. The van der Waals surface area contributed by atoms with Crippen molar-refractivity contribution in [2.45, 2.75) is 33.7 Å². The molecule has 0 amide bonds. The Morgan fingerprint density at radius 2 is 1.78 bits per heavy atom. The van der Waals surface area contributed by atoms with Crippen LogP contribution >= 0.6 is 11.3 Å². The van der Waals surface area contributed by atoms with Gasteiger partial charge in [-0.25, -0.2) is 9.79 Å². The van der Waals surface area contributed by atoms with Crippen LogP contribution in [0.1, 0.15) is 43.5 Å². The van der Waals surface area contributed by atoms with E-state index in [1.807, 2.05) is 50.2 Å². The number of nitrogens with zero attached hydrogens (tertiary/aromatic N) is 2. The van der Waals surface area contributed by atoms with Crippen LogP contribution in [0.15, 0.2) is 57.5 Å². The fraction of sp³-hybridized carbons (Fsp3) is 0.321. The van der Waals surface area contributed by atoms with E-state index >= 15 is 0 Å². The summed E-state index contributed by atoms with van der Waals surface area (Å²) >= 11 is 1.27. The number of ether oxygens (including phenoxy) is 4. The molecule has 37 heavy (non-hydrogen) atoms. The summed E-state index contributed by atoms with van der Waals surface area (Å²) in [5, 5.41) is 0. The Kier molecular flexibility index (Phi) is 7.83. The van der Waals surface area contributed by atoms with Gasteiger partial charge in [-0.1, -0.05) is 29.5 Å². The van der Waals surface area contributed by atoms with Crippen molar-refractivity contribution in [1.82, 2.24) is 4.57 Å². The van der Waals surface area contributed by atoms with Crippen molar-refractivity contribution < 1.29 is 23.7 Å². The number of hydrogen-bond acceptors (Lipinski definition) is 8. The number of methoxy groups -OCH3 is 2. The molecule has 1 atom stereocenters. The standard InChI is InChI=1S/C28H30N2O6S/c1-7-35-20-12-10-18(13-22(20)34-6)14-23-26(31)30-25(19-11-9-16(3)21(15-19)33-5)24(27(32)36-8-2)17(4)29-28(30)37-23/h9-15,25H,7-8H2,1-6H3/b23-14+. The molecule has 2 heterocycles. The van der Waals surface area contributed by atoms with Gasteiger partial charge in [-0.15, -0.1) is 0 Å². The van der Waals surface area contributed by atoms with Gasteiger partial charge >= 0.3 is 5.97 Å². The number of carbonyl (C=O) groups is 1. The van der Waals surface area contributed by atoms with E-state index in [0.717, 1.165) is 16.7 Å². The molecule has 1 aromatic heterocycles. The summed E-state index contributed by atoms with van der Waals surface area (Å²) in [5.74, 6) is 1.37. The van der Waals surface area contributed by atoms with Crippen molar-refractivity contribution in [1.29, 1.82) is 0 Å². The number of hydrogen-bond donors (Lipinski definition) is 0. The number of rotatable bonds is 8. The van der Waals surface area contributed by atoms with Gasteiger partial charge in [0, 0.05) is 0 Å². The number of benzene rings is 2. The van der Waals surface area contributed by atoms with E-state index in [2.05, 4.69) is 4.99 Å². The summed E-state index contributed by atoms with van der Waals surface area (Å²) < 4.78 is 24.0. The molecule has 4 rings (SSSR count). The van der Waals surface area contributed by atoms with E-state index < -0.39 is 12.0 Å². The van der Waals surface area contributed by atoms with Gasteiger partial charge in [0.1, 0.15) is 5.75 Å². The second-order valence-electron chi connectivity index (χ2n) is 8.37. The van der Waals surface area contributed by atoms with E-state index in [1.54, 1.807) is 38.7 Å². The first-order chi connectivity index (χ1) is 17.8. The van der Waals surface area contributed by atoms with Crippen LogP contribution in [-0.2, 0) is 9.53 Å². The van der Waals surface area contributed by atoms with Gasteiger partial charge < -0.3 is 18.9 Å². The largest absolute Gasteiger partial charge is 0.496 e. The van der Waals surface area contributed by atoms with E-state index in [0.29, 0.717) is 44.5 Å². The summed E-state index contributed by atoms with van der Waals surface area (Å²) in [7, 11) is 3.17. The molecule has 0 aliphatic carbocycles. The van der Waals surface area contributed by atoms with Crippen LogP contribution in [0.2, 0.25) is 0 Å². The number of esters is 1. The Morgan fingerprint density at radius 1 is 1.03 bits per heavy atom. The summed E-state index contributed by atoms with van der Waals surface area (Å²) in [6.07, 6.45) is 1.79. The molecule has 3 aromatic rings. The van der Waals surface area contributed by atoms with Crippen LogP contribution in [0.3, 0.4) is 0 Å². The molecule has 0 bridgehead atoms. The number of fused-ring (bicyclic) bond motifs is 1. The van der Waals surface area contributed by atoms with E-state index in [-0.39, 0.29) is 12.2 Å². The average Bonchev–Trinajstić information content (AvgIpc) is 3.18. The molecular formula is C28H30N2O6S. The normalized spacial score (nSPS) is 15.2. The molecule has 9 heteroatoms. The van der Waals surface area contributed by atoms with Crippen LogP contribution in [-0.4, -0.2) is 38.0 Å². The van der Waals surface area contributed by atoms with Crippen LogP contribution in [0.4, 0.5) is 0 Å². The van der Waals surface area contributed by atoms with Gasteiger partial charge in [-0.3, -0.25) is 9.36 Å². The molecule has 0 fully saturated rings. The van der Waals surface area contributed by atoms with Gasteiger partial charge in [0.25, 0.3) is 5.56 Å². The highest BCUT2D eigenvalue weighted by Gasteiger charge is 2.33. The third kappa shape index (κ3) is 5.04. The van der Waals surface area contributed by atoms with Gasteiger partial charge in [-0.2, -0.15) is 0 Å². The zero-order chi connectivity index (χ0) is 26.7. The van der Waals surface area contributed by atoms with Crippen molar-refractivity contribution in [2.24, 2.45) is 4.99 Å². The van der Waals surface area contributed by atoms with Crippen LogP contribution < -0.4 is 29.1 Å². The summed E-state index contributed by atoms with van der Waals surface area (Å²) in [5.41, 5.74) is 3.04. The molecule has 2 aromatic carbocycles. The lowest BCUT2D eigenvalue weighted by Gasteiger charge is -2.25. The minimum absolute atomic E-state index is 0.212. The van der Waals surface area contributed by atoms with Crippen molar-refractivity contribution in [3.05, 3.63) is 84.0 Å². The second-order valence-corrected chi connectivity index (χ2v) is 9.38. The molecule has 0 radical (unpaired) electrons. The van der Waals surface area contributed by atoms with E-state index in [1.165, 1.54) is 11.3 Å². The quantitative estimate of drug-likeness (QED) is 0.421. The van der Waals surface area contributed by atoms with Gasteiger partial charge in [0.2, 0.25) is 0 Å². The Labute approximate surface area is 219 Å². The lowest BCUT2D eigenvalue weighted by Crippen LogP contribution is -2.40. The molecule has 0 N–H and O–H groups in total. The topological polar surface area (TPSA) is 88.4 Å². The minimum Gasteiger partial charge on any atom is -0.496 e. The van der Waals surface area contributed by atoms with Gasteiger partial charge in [0.15, 0.2) is 16.3 Å². The first-order valence-corrected chi connectivity index (χ1v) is 12.8. The SMILES string of the molecule is CCOC(=O)C1=C(C)N=c2s/c(=C/c3ccc(OCC)c(OC)c3)c(=O)n2C1c1ccc(C)c(OC)c1. The number of allylic oxidation sites excluding steroid dienone is 1. The highest BCUT2D eigenvalue weighted by molar-refractivity contribution is 7.07. The van der Waals surface area contributed by atoms with Crippen molar-refractivity contribution in [2.75, 3.05) is 27.4 Å². The second kappa shape index (κ2) is 11.0. The maximum Gasteiger partial charge on any atom is 0.338 e. The van der Waals surface area contributed by atoms with Crippen molar-refractivity contribution >= 4 is 23.4 Å². The zero-order valence-electron chi connectivity index (χ0n) is 21.8. The Hall–Kier alpha value is -3.85. The van der Waals surface area contributed by atoms with Crippen LogP contribution in [0.25, 0.3) is 6.08 Å². The number of aryl methyl sites for hydroxylation is 1. The fourth-order valence-corrected chi connectivity index (χ4v) is 5.36. The lowest BCUT2D eigenvalue weighted by atomic mass is 9.95. The van der Waals surface area contributed by atoms with Gasteiger partial charge in [-0.05, 0) is 68.7 Å². The Bertz CT molecular complexity index is 1550. The van der Waals surface area contributed by atoms with Crippen LogP contribution in [0.5, 0.6) is 17.2 Å². The van der Waals surface area contributed by atoms with E-state index in [4.69, 9.17) is 18.9 Å². The number of aromatic nitrogens is 1. The molecule has 8 nitrogen and oxygen atoms in total. The van der Waals surface area contributed by atoms with E-state index in [9.17, 15) is 9.59 Å². The average molecular weight is 523 g/mol.